The largest absolute Gasteiger partial charge is 0.507 e. The van der Waals surface area contributed by atoms with E-state index in [0.717, 1.165) is 11.6 Å². The molecule has 0 aliphatic rings. The van der Waals surface area contributed by atoms with Gasteiger partial charge in [-0.1, -0.05) is 24.3 Å². The highest BCUT2D eigenvalue weighted by Crippen LogP contribution is 2.12. The summed E-state index contributed by atoms with van der Waals surface area (Å²) in [6.45, 7) is 1.34. The van der Waals surface area contributed by atoms with Crippen LogP contribution in [0.4, 0.5) is 0 Å². The number of benzene rings is 1. The molecule has 0 atom stereocenters. The summed E-state index contributed by atoms with van der Waals surface area (Å²) in [4.78, 5) is 10.7. The molecular formula is C11H12O3. The van der Waals surface area contributed by atoms with Crippen molar-refractivity contribution in [1.29, 1.82) is 0 Å². The summed E-state index contributed by atoms with van der Waals surface area (Å²) in [6, 6.07) is 6.69. The maximum absolute atomic E-state index is 10.7. The Hall–Kier alpha value is -1.61. The van der Waals surface area contributed by atoms with E-state index in [2.05, 4.69) is 0 Å². The van der Waals surface area contributed by atoms with Gasteiger partial charge in [0, 0.05) is 11.6 Å². The van der Waals surface area contributed by atoms with Crippen molar-refractivity contribution in [2.45, 2.75) is 13.5 Å². The zero-order chi connectivity index (χ0) is 10.6. The van der Waals surface area contributed by atoms with Crippen LogP contribution in [-0.4, -0.2) is 16.0 Å². The summed E-state index contributed by atoms with van der Waals surface area (Å²) < 4.78 is 0. The van der Waals surface area contributed by atoms with Gasteiger partial charge in [-0.15, -0.1) is 0 Å². The first-order valence-electron chi connectivity index (χ1n) is 4.25. The van der Waals surface area contributed by atoms with E-state index in [9.17, 15) is 9.90 Å². The number of carbonyl (C=O) groups excluding carboxylic acids is 1. The Morgan fingerprint density at radius 2 is 1.93 bits per heavy atom. The van der Waals surface area contributed by atoms with E-state index in [1.807, 2.05) is 0 Å². The van der Waals surface area contributed by atoms with E-state index < -0.39 is 0 Å². The van der Waals surface area contributed by atoms with Gasteiger partial charge in [-0.05, 0) is 12.5 Å². The Bertz CT molecular complexity index is 349. The zero-order valence-corrected chi connectivity index (χ0v) is 7.90. The van der Waals surface area contributed by atoms with Crippen LogP contribution in [0.1, 0.15) is 18.1 Å². The summed E-state index contributed by atoms with van der Waals surface area (Å²) in [5.74, 6) is -0.254. The van der Waals surface area contributed by atoms with Crippen LogP contribution in [0.5, 0.6) is 0 Å². The predicted octanol–water partition coefficient (Wildman–Crippen LogP) is 1.67. The van der Waals surface area contributed by atoms with Crippen LogP contribution in [0.15, 0.2) is 30.3 Å². The van der Waals surface area contributed by atoms with Gasteiger partial charge in [0.15, 0.2) is 5.78 Å². The van der Waals surface area contributed by atoms with Crippen LogP contribution < -0.4 is 0 Å². The molecule has 0 aliphatic heterocycles. The van der Waals surface area contributed by atoms with E-state index >= 15 is 0 Å². The molecule has 0 saturated carbocycles. The van der Waals surface area contributed by atoms with Gasteiger partial charge in [-0.25, -0.2) is 0 Å². The molecule has 14 heavy (non-hydrogen) atoms. The number of ketones is 1. The quantitative estimate of drug-likeness (QED) is 0.565. The van der Waals surface area contributed by atoms with E-state index in [1.165, 1.54) is 6.92 Å². The average Bonchev–Trinajstić information content (AvgIpc) is 2.17. The Morgan fingerprint density at radius 1 is 1.36 bits per heavy atom. The Balaban J connectivity index is 2.92. The van der Waals surface area contributed by atoms with Gasteiger partial charge in [0.05, 0.1) is 6.61 Å². The summed E-state index contributed by atoms with van der Waals surface area (Å²) in [6.07, 6.45) is 1.16. The summed E-state index contributed by atoms with van der Waals surface area (Å²) in [5, 5.41) is 18.2. The molecule has 1 rings (SSSR count). The van der Waals surface area contributed by atoms with Gasteiger partial charge >= 0.3 is 0 Å². The molecule has 0 spiro atoms. The van der Waals surface area contributed by atoms with Gasteiger partial charge in [0.25, 0.3) is 0 Å². The second-order valence-corrected chi connectivity index (χ2v) is 3.00. The molecule has 74 valence electrons. The van der Waals surface area contributed by atoms with Crippen molar-refractivity contribution < 1.29 is 15.0 Å². The molecule has 0 aromatic heterocycles. The minimum atomic E-state index is -0.200. The van der Waals surface area contributed by atoms with Crippen LogP contribution in [0.25, 0.3) is 5.76 Å². The van der Waals surface area contributed by atoms with Gasteiger partial charge < -0.3 is 10.2 Å². The van der Waals surface area contributed by atoms with Crippen LogP contribution in [-0.2, 0) is 11.4 Å². The minimum absolute atomic E-state index is 0.0303. The lowest BCUT2D eigenvalue weighted by Gasteiger charge is -2.00. The van der Waals surface area contributed by atoms with Crippen molar-refractivity contribution in [1.82, 2.24) is 0 Å². The van der Waals surface area contributed by atoms with Crippen molar-refractivity contribution in [3.8, 4) is 0 Å². The zero-order valence-electron chi connectivity index (χ0n) is 7.90. The summed E-state index contributed by atoms with van der Waals surface area (Å²) in [7, 11) is 0. The third-order valence-electron chi connectivity index (χ3n) is 1.77. The normalized spacial score (nSPS) is 11.4. The Morgan fingerprint density at radius 3 is 2.36 bits per heavy atom. The molecule has 3 nitrogen and oxygen atoms in total. The number of rotatable bonds is 3. The maximum atomic E-state index is 10.7. The SMILES string of the molecule is CC(=O)C=C(O)c1ccc(CO)cc1. The minimum Gasteiger partial charge on any atom is -0.507 e. The Kier molecular flexibility index (Phi) is 3.42. The molecule has 0 fully saturated rings. The second-order valence-electron chi connectivity index (χ2n) is 3.00. The van der Waals surface area contributed by atoms with Gasteiger partial charge in [-0.2, -0.15) is 0 Å². The van der Waals surface area contributed by atoms with Crippen molar-refractivity contribution >= 4 is 11.5 Å². The molecule has 1 aromatic carbocycles. The highest BCUT2D eigenvalue weighted by Gasteiger charge is 1.99. The number of hydrogen-bond donors (Lipinski definition) is 2. The monoisotopic (exact) mass is 192 g/mol. The van der Waals surface area contributed by atoms with Crippen LogP contribution in [0.3, 0.4) is 0 Å². The van der Waals surface area contributed by atoms with Crippen molar-refractivity contribution in [3.63, 3.8) is 0 Å². The summed E-state index contributed by atoms with van der Waals surface area (Å²) in [5.41, 5.74) is 1.33. The van der Waals surface area contributed by atoms with Crippen LogP contribution in [0, 0.1) is 0 Å². The molecule has 0 bridgehead atoms. The highest BCUT2D eigenvalue weighted by atomic mass is 16.3. The lowest BCUT2D eigenvalue weighted by atomic mass is 10.1. The highest BCUT2D eigenvalue weighted by molar-refractivity contribution is 5.93. The Labute approximate surface area is 82.3 Å². The van der Waals surface area contributed by atoms with Crippen molar-refractivity contribution in [3.05, 3.63) is 41.5 Å². The third-order valence-corrected chi connectivity index (χ3v) is 1.77. The number of aliphatic hydroxyl groups is 2. The van der Waals surface area contributed by atoms with Crippen molar-refractivity contribution in [2.75, 3.05) is 0 Å². The molecule has 3 heteroatoms. The molecule has 1 aromatic rings. The maximum Gasteiger partial charge on any atom is 0.156 e. The average molecular weight is 192 g/mol. The van der Waals surface area contributed by atoms with Crippen LogP contribution >= 0.6 is 0 Å². The van der Waals surface area contributed by atoms with Gasteiger partial charge in [-0.3, -0.25) is 4.79 Å². The van der Waals surface area contributed by atoms with Gasteiger partial charge in [0.2, 0.25) is 0 Å². The van der Waals surface area contributed by atoms with E-state index in [1.54, 1.807) is 24.3 Å². The number of allylic oxidation sites excluding steroid dienone is 1. The van der Waals surface area contributed by atoms with E-state index in [-0.39, 0.29) is 18.1 Å². The fraction of sp³-hybridized carbons (Fsp3) is 0.182. The fourth-order valence-electron chi connectivity index (χ4n) is 1.06. The number of hydrogen-bond acceptors (Lipinski definition) is 3. The third kappa shape index (κ3) is 2.71. The molecule has 0 unspecified atom stereocenters. The molecule has 0 aliphatic carbocycles. The molecule has 0 amide bonds. The van der Waals surface area contributed by atoms with E-state index in [4.69, 9.17) is 5.11 Å². The predicted molar refractivity (Wildman–Crippen MR) is 53.7 cm³/mol. The standard InChI is InChI=1S/C11H12O3/c1-8(13)6-11(14)10-4-2-9(7-12)3-5-10/h2-6,12,14H,7H2,1H3. The smallest absolute Gasteiger partial charge is 0.156 e. The molecule has 0 radical (unpaired) electrons. The second kappa shape index (κ2) is 4.58. The number of carbonyl (C=O) groups is 1. The molecular weight excluding hydrogens is 180 g/mol. The molecule has 0 saturated heterocycles. The van der Waals surface area contributed by atoms with E-state index in [0.29, 0.717) is 5.56 Å². The number of aliphatic hydroxyl groups excluding tert-OH is 2. The first kappa shape index (κ1) is 10.5. The summed E-state index contributed by atoms with van der Waals surface area (Å²) >= 11 is 0. The molecule has 2 N–H and O–H groups in total. The fourth-order valence-corrected chi connectivity index (χ4v) is 1.06. The lowest BCUT2D eigenvalue weighted by molar-refractivity contribution is -0.112. The van der Waals surface area contributed by atoms with Crippen LogP contribution in [0.2, 0.25) is 0 Å². The first-order valence-corrected chi connectivity index (χ1v) is 4.25. The first-order chi connectivity index (χ1) is 6.63. The topological polar surface area (TPSA) is 57.5 Å². The molecule has 0 heterocycles. The van der Waals surface area contributed by atoms with Crippen molar-refractivity contribution in [2.24, 2.45) is 0 Å². The lowest BCUT2D eigenvalue weighted by Crippen LogP contribution is -1.89. The van der Waals surface area contributed by atoms with Gasteiger partial charge in [0.1, 0.15) is 5.76 Å².